The first-order valence-electron chi connectivity index (χ1n) is 4.66. The van der Waals surface area contributed by atoms with E-state index >= 15 is 0 Å². The van der Waals surface area contributed by atoms with Crippen molar-refractivity contribution in [2.75, 3.05) is 18.4 Å². The summed E-state index contributed by atoms with van der Waals surface area (Å²) in [6.45, 7) is -0.347. The lowest BCUT2D eigenvalue weighted by atomic mass is 10.3. The van der Waals surface area contributed by atoms with Gasteiger partial charge in [0.05, 0.1) is 23.8 Å². The second-order valence-corrected chi connectivity index (χ2v) is 4.49. The molecule has 0 unspecified atom stereocenters. The van der Waals surface area contributed by atoms with Crippen molar-refractivity contribution in [2.24, 2.45) is 0 Å². The van der Waals surface area contributed by atoms with Crippen molar-refractivity contribution in [1.29, 1.82) is 0 Å². The molecule has 0 heterocycles. The second-order valence-electron chi connectivity index (χ2n) is 3.17. The van der Waals surface area contributed by atoms with Gasteiger partial charge in [-0.25, -0.2) is 0 Å². The molecule has 0 spiro atoms. The van der Waals surface area contributed by atoms with Crippen LogP contribution >= 0.6 is 27.5 Å². The molecule has 1 amide bonds. The van der Waals surface area contributed by atoms with Crippen molar-refractivity contribution in [3.8, 4) is 0 Å². The predicted molar refractivity (Wildman–Crippen MR) is 68.3 cm³/mol. The molecule has 0 aliphatic heterocycles. The molecule has 0 bridgehead atoms. The first kappa shape index (κ1) is 14.0. The van der Waals surface area contributed by atoms with Crippen LogP contribution in [0.1, 0.15) is 0 Å². The number of hydrogen-bond donors (Lipinski definition) is 3. The number of rotatable bonds is 5. The first-order valence-corrected chi connectivity index (χ1v) is 5.83. The third-order valence-corrected chi connectivity index (χ3v) is 2.57. The lowest BCUT2D eigenvalue weighted by molar-refractivity contribution is -0.135. The van der Waals surface area contributed by atoms with Crippen molar-refractivity contribution < 1.29 is 14.7 Å². The molecule has 3 N–H and O–H groups in total. The third kappa shape index (κ3) is 5.16. The van der Waals surface area contributed by atoms with E-state index in [-0.39, 0.29) is 19.0 Å². The SMILES string of the molecule is O=C(O)CNCC(=O)Nc1ccc(Br)cc1Cl. The van der Waals surface area contributed by atoms with Crippen LogP contribution in [-0.4, -0.2) is 30.1 Å². The highest BCUT2D eigenvalue weighted by molar-refractivity contribution is 9.10. The molecule has 1 aromatic carbocycles. The molecule has 5 nitrogen and oxygen atoms in total. The average molecular weight is 322 g/mol. The number of carbonyl (C=O) groups excluding carboxylic acids is 1. The van der Waals surface area contributed by atoms with Crippen molar-refractivity contribution in [3.05, 3.63) is 27.7 Å². The maximum atomic E-state index is 11.4. The van der Waals surface area contributed by atoms with Gasteiger partial charge in [0, 0.05) is 4.47 Å². The van der Waals surface area contributed by atoms with E-state index in [4.69, 9.17) is 16.7 Å². The Morgan fingerprint density at radius 3 is 2.65 bits per heavy atom. The molecule has 0 saturated heterocycles. The summed E-state index contributed by atoms with van der Waals surface area (Å²) in [5, 5.41) is 13.8. The molecular formula is C10H10BrClN2O3. The summed E-state index contributed by atoms with van der Waals surface area (Å²) in [5.41, 5.74) is 0.483. The van der Waals surface area contributed by atoms with Crippen molar-refractivity contribution >= 4 is 45.1 Å². The van der Waals surface area contributed by atoms with Crippen LogP contribution in [0.5, 0.6) is 0 Å². The minimum atomic E-state index is -1.01. The molecule has 1 aromatic rings. The van der Waals surface area contributed by atoms with Gasteiger partial charge in [-0.15, -0.1) is 0 Å². The minimum Gasteiger partial charge on any atom is -0.480 e. The normalized spacial score (nSPS) is 10.0. The number of halogens is 2. The molecule has 0 fully saturated rings. The van der Waals surface area contributed by atoms with E-state index in [1.807, 2.05) is 0 Å². The standard InChI is InChI=1S/C10H10BrClN2O3/c11-6-1-2-8(7(12)3-6)14-9(15)4-13-5-10(16)17/h1-3,13H,4-5H2,(H,14,15)(H,16,17). The highest BCUT2D eigenvalue weighted by atomic mass is 79.9. The fourth-order valence-corrected chi connectivity index (χ4v) is 1.79. The Labute approximate surface area is 111 Å². The van der Waals surface area contributed by atoms with E-state index in [0.717, 1.165) is 4.47 Å². The molecule has 7 heteroatoms. The number of nitrogens with one attached hydrogen (secondary N) is 2. The van der Waals surface area contributed by atoms with Crippen molar-refractivity contribution in [3.63, 3.8) is 0 Å². The van der Waals surface area contributed by atoms with Crippen LogP contribution in [0, 0.1) is 0 Å². The number of amides is 1. The van der Waals surface area contributed by atoms with Gasteiger partial charge < -0.3 is 10.4 Å². The molecule has 0 atom stereocenters. The van der Waals surface area contributed by atoms with E-state index < -0.39 is 5.97 Å². The number of benzene rings is 1. The van der Waals surface area contributed by atoms with E-state index in [2.05, 4.69) is 26.6 Å². The Morgan fingerprint density at radius 1 is 1.35 bits per heavy atom. The van der Waals surface area contributed by atoms with Gasteiger partial charge in [0.2, 0.25) is 5.91 Å². The smallest absolute Gasteiger partial charge is 0.317 e. The first-order chi connectivity index (χ1) is 7.99. The number of carbonyl (C=O) groups is 2. The molecule has 17 heavy (non-hydrogen) atoms. The zero-order chi connectivity index (χ0) is 12.8. The topological polar surface area (TPSA) is 78.4 Å². The van der Waals surface area contributed by atoms with Crippen LogP contribution in [0.15, 0.2) is 22.7 Å². The van der Waals surface area contributed by atoms with Crippen molar-refractivity contribution in [1.82, 2.24) is 5.32 Å². The second kappa shape index (κ2) is 6.58. The highest BCUT2D eigenvalue weighted by Gasteiger charge is 2.06. The summed E-state index contributed by atoms with van der Waals surface area (Å²) in [7, 11) is 0. The fourth-order valence-electron chi connectivity index (χ4n) is 1.07. The number of carboxylic acid groups (broad SMARTS) is 1. The zero-order valence-electron chi connectivity index (χ0n) is 8.67. The fraction of sp³-hybridized carbons (Fsp3) is 0.200. The Bertz CT molecular complexity index is 440. The molecule has 0 saturated carbocycles. The minimum absolute atomic E-state index is 0.0846. The van der Waals surface area contributed by atoms with E-state index in [9.17, 15) is 9.59 Å². The zero-order valence-corrected chi connectivity index (χ0v) is 11.0. The average Bonchev–Trinajstić information content (AvgIpc) is 2.21. The Morgan fingerprint density at radius 2 is 2.06 bits per heavy atom. The van der Waals surface area contributed by atoms with Gasteiger partial charge in [-0.05, 0) is 18.2 Å². The van der Waals surface area contributed by atoms with Gasteiger partial charge in [0.25, 0.3) is 0 Å². The predicted octanol–water partition coefficient (Wildman–Crippen LogP) is 1.72. The van der Waals surface area contributed by atoms with E-state index in [1.54, 1.807) is 18.2 Å². The van der Waals surface area contributed by atoms with Gasteiger partial charge in [-0.2, -0.15) is 0 Å². The van der Waals surface area contributed by atoms with Crippen LogP contribution in [-0.2, 0) is 9.59 Å². The summed E-state index contributed by atoms with van der Waals surface area (Å²) in [6.07, 6.45) is 0. The van der Waals surface area contributed by atoms with E-state index in [1.165, 1.54) is 0 Å². The summed E-state index contributed by atoms with van der Waals surface area (Å²) in [5.74, 6) is -1.37. The summed E-state index contributed by atoms with van der Waals surface area (Å²) >= 11 is 9.14. The Hall–Kier alpha value is -1.11. The summed E-state index contributed by atoms with van der Waals surface area (Å²) in [4.78, 5) is 21.6. The molecule has 0 radical (unpaired) electrons. The third-order valence-electron chi connectivity index (χ3n) is 1.77. The van der Waals surface area contributed by atoms with Gasteiger partial charge in [0.15, 0.2) is 0 Å². The van der Waals surface area contributed by atoms with Gasteiger partial charge in [-0.3, -0.25) is 14.9 Å². The quantitative estimate of drug-likeness (QED) is 0.771. The molecule has 0 aliphatic rings. The largest absolute Gasteiger partial charge is 0.480 e. The number of aliphatic carboxylic acids is 1. The highest BCUT2D eigenvalue weighted by Crippen LogP contribution is 2.25. The van der Waals surface area contributed by atoms with Gasteiger partial charge in [-0.1, -0.05) is 27.5 Å². The Kier molecular flexibility index (Phi) is 5.40. The monoisotopic (exact) mass is 320 g/mol. The number of hydrogen-bond acceptors (Lipinski definition) is 3. The number of carboxylic acids is 1. The number of anilines is 1. The van der Waals surface area contributed by atoms with Gasteiger partial charge >= 0.3 is 5.97 Å². The maximum Gasteiger partial charge on any atom is 0.317 e. The van der Waals surface area contributed by atoms with Gasteiger partial charge in [0.1, 0.15) is 0 Å². The summed E-state index contributed by atoms with van der Waals surface area (Å²) < 4.78 is 0.810. The van der Waals surface area contributed by atoms with Crippen LogP contribution in [0.3, 0.4) is 0 Å². The van der Waals surface area contributed by atoms with Crippen LogP contribution in [0.2, 0.25) is 5.02 Å². The Balaban J connectivity index is 2.48. The van der Waals surface area contributed by atoms with Crippen LogP contribution < -0.4 is 10.6 Å². The van der Waals surface area contributed by atoms with E-state index in [0.29, 0.717) is 10.7 Å². The lowest BCUT2D eigenvalue weighted by Crippen LogP contribution is -2.31. The maximum absolute atomic E-state index is 11.4. The van der Waals surface area contributed by atoms with Crippen LogP contribution in [0.25, 0.3) is 0 Å². The van der Waals surface area contributed by atoms with Crippen LogP contribution in [0.4, 0.5) is 5.69 Å². The molecule has 0 aliphatic carbocycles. The lowest BCUT2D eigenvalue weighted by Gasteiger charge is -2.07. The molecule has 0 aromatic heterocycles. The molecule has 92 valence electrons. The molecule has 1 rings (SSSR count). The summed E-state index contributed by atoms with van der Waals surface area (Å²) in [6, 6.07) is 5.05. The molecular weight excluding hydrogens is 311 g/mol. The van der Waals surface area contributed by atoms with Crippen molar-refractivity contribution in [2.45, 2.75) is 0 Å².